The summed E-state index contributed by atoms with van der Waals surface area (Å²) in [6.45, 7) is 4.82. The summed E-state index contributed by atoms with van der Waals surface area (Å²) < 4.78 is 0. The predicted octanol–water partition coefficient (Wildman–Crippen LogP) is -0.600. The first-order valence-electron chi connectivity index (χ1n) is 3.84. The van der Waals surface area contributed by atoms with Crippen LogP contribution in [0.5, 0.6) is 0 Å². The number of aliphatic hydroxyl groups is 1. The van der Waals surface area contributed by atoms with Crippen LogP contribution < -0.4 is 5.73 Å². The van der Waals surface area contributed by atoms with E-state index in [1.54, 1.807) is 0 Å². The number of likely N-dealkylation sites (tertiary alicyclic amines) is 1. The lowest BCUT2D eigenvalue weighted by Gasteiger charge is -2.37. The average Bonchev–Trinajstić information content (AvgIpc) is 1.77. The van der Waals surface area contributed by atoms with Gasteiger partial charge >= 0.3 is 0 Å². The summed E-state index contributed by atoms with van der Waals surface area (Å²) in [6.07, 6.45) is 0.698. The van der Waals surface area contributed by atoms with Gasteiger partial charge in [0.1, 0.15) is 0 Å². The largest absolute Gasteiger partial charge is 0.393 e. The first kappa shape index (κ1) is 7.98. The van der Waals surface area contributed by atoms with E-state index in [0.29, 0.717) is 6.04 Å². The molecule has 1 unspecified atom stereocenters. The Bertz CT molecular complexity index is 99.8. The average molecular weight is 144 g/mol. The third-order valence-electron chi connectivity index (χ3n) is 1.85. The molecule has 0 aliphatic carbocycles. The molecular weight excluding hydrogens is 128 g/mol. The number of hydrogen-bond acceptors (Lipinski definition) is 3. The molecule has 0 radical (unpaired) electrons. The van der Waals surface area contributed by atoms with Crippen LogP contribution in [0.15, 0.2) is 0 Å². The van der Waals surface area contributed by atoms with Gasteiger partial charge in [0.2, 0.25) is 0 Å². The molecule has 1 rings (SSSR count). The molecule has 0 aromatic carbocycles. The molecule has 60 valence electrons. The van der Waals surface area contributed by atoms with Crippen LogP contribution >= 0.6 is 0 Å². The second kappa shape index (κ2) is 3.32. The molecule has 0 saturated carbocycles. The molecule has 3 heteroatoms. The third kappa shape index (κ3) is 2.25. The lowest BCUT2D eigenvalue weighted by molar-refractivity contribution is 0.111. The van der Waals surface area contributed by atoms with Crippen LogP contribution in [-0.4, -0.2) is 41.8 Å². The van der Waals surface area contributed by atoms with Crippen molar-refractivity contribution in [1.82, 2.24) is 4.90 Å². The zero-order valence-electron chi connectivity index (χ0n) is 6.45. The number of rotatable bonds is 3. The smallest absolute Gasteiger partial charge is 0.0524 e. The van der Waals surface area contributed by atoms with Gasteiger partial charge in [0, 0.05) is 25.7 Å². The van der Waals surface area contributed by atoms with Crippen LogP contribution in [0.25, 0.3) is 0 Å². The second-order valence-electron chi connectivity index (χ2n) is 3.16. The highest BCUT2D eigenvalue weighted by Crippen LogP contribution is 2.06. The Morgan fingerprint density at radius 3 is 2.70 bits per heavy atom. The minimum Gasteiger partial charge on any atom is -0.393 e. The second-order valence-corrected chi connectivity index (χ2v) is 3.16. The highest BCUT2D eigenvalue weighted by atomic mass is 16.3. The van der Waals surface area contributed by atoms with E-state index in [2.05, 4.69) is 4.90 Å². The molecule has 3 nitrogen and oxygen atoms in total. The van der Waals surface area contributed by atoms with Crippen molar-refractivity contribution < 1.29 is 5.11 Å². The van der Waals surface area contributed by atoms with Crippen molar-refractivity contribution in [3.8, 4) is 0 Å². The molecule has 10 heavy (non-hydrogen) atoms. The summed E-state index contributed by atoms with van der Waals surface area (Å²) in [5.41, 5.74) is 5.57. The molecule has 1 aliphatic heterocycles. The van der Waals surface area contributed by atoms with Gasteiger partial charge < -0.3 is 15.7 Å². The maximum absolute atomic E-state index is 8.93. The van der Waals surface area contributed by atoms with Crippen molar-refractivity contribution in [2.75, 3.05) is 19.6 Å². The van der Waals surface area contributed by atoms with Gasteiger partial charge in [-0.05, 0) is 13.3 Å². The first-order valence-corrected chi connectivity index (χ1v) is 3.84. The van der Waals surface area contributed by atoms with Crippen LogP contribution in [0.4, 0.5) is 0 Å². The minimum atomic E-state index is -0.170. The zero-order chi connectivity index (χ0) is 7.56. The molecule has 1 saturated heterocycles. The van der Waals surface area contributed by atoms with Crippen LogP contribution in [0.1, 0.15) is 13.3 Å². The fraction of sp³-hybridized carbons (Fsp3) is 1.00. The number of hydrogen-bond donors (Lipinski definition) is 2. The number of aliphatic hydroxyl groups excluding tert-OH is 1. The zero-order valence-corrected chi connectivity index (χ0v) is 6.45. The van der Waals surface area contributed by atoms with E-state index < -0.39 is 0 Å². The molecule has 1 atom stereocenters. The summed E-state index contributed by atoms with van der Waals surface area (Å²) in [5.74, 6) is 0. The Morgan fingerprint density at radius 2 is 2.30 bits per heavy atom. The molecule has 0 spiro atoms. The van der Waals surface area contributed by atoms with Crippen molar-refractivity contribution in [3.05, 3.63) is 0 Å². The molecule has 1 aliphatic rings. The normalized spacial score (nSPS) is 24.3. The summed E-state index contributed by atoms with van der Waals surface area (Å²) in [6, 6.07) is 0.383. The maximum Gasteiger partial charge on any atom is 0.0524 e. The van der Waals surface area contributed by atoms with Crippen LogP contribution in [-0.2, 0) is 0 Å². The quantitative estimate of drug-likeness (QED) is 0.556. The Hall–Kier alpha value is -0.120. The highest BCUT2D eigenvalue weighted by molar-refractivity contribution is 4.82. The summed E-state index contributed by atoms with van der Waals surface area (Å²) in [7, 11) is 0. The molecule has 3 N–H and O–H groups in total. The topological polar surface area (TPSA) is 49.5 Å². The Morgan fingerprint density at radius 1 is 1.70 bits per heavy atom. The fourth-order valence-electron chi connectivity index (χ4n) is 1.16. The maximum atomic E-state index is 8.93. The van der Waals surface area contributed by atoms with Crippen molar-refractivity contribution in [2.24, 2.45) is 5.73 Å². The van der Waals surface area contributed by atoms with Gasteiger partial charge in [-0.15, -0.1) is 0 Å². The molecule has 1 fully saturated rings. The lowest BCUT2D eigenvalue weighted by atomic mass is 10.1. The molecule has 0 bridgehead atoms. The van der Waals surface area contributed by atoms with E-state index in [0.717, 1.165) is 26.1 Å². The van der Waals surface area contributed by atoms with Gasteiger partial charge in [0.15, 0.2) is 0 Å². The SMILES string of the molecule is CC(O)CCN1CC(N)C1. The lowest BCUT2D eigenvalue weighted by Crippen LogP contribution is -2.55. The molecule has 1 heterocycles. The van der Waals surface area contributed by atoms with Gasteiger partial charge in [0.05, 0.1) is 6.10 Å². The molecule has 0 amide bonds. The first-order chi connectivity index (χ1) is 4.68. The monoisotopic (exact) mass is 144 g/mol. The Balaban J connectivity index is 1.95. The van der Waals surface area contributed by atoms with E-state index in [-0.39, 0.29) is 6.10 Å². The Labute approximate surface area is 61.8 Å². The minimum absolute atomic E-state index is 0.170. The van der Waals surface area contributed by atoms with E-state index in [4.69, 9.17) is 10.8 Å². The van der Waals surface area contributed by atoms with Gasteiger partial charge in [-0.2, -0.15) is 0 Å². The highest BCUT2D eigenvalue weighted by Gasteiger charge is 2.22. The van der Waals surface area contributed by atoms with Crippen molar-refractivity contribution in [3.63, 3.8) is 0 Å². The van der Waals surface area contributed by atoms with Gasteiger partial charge in [-0.3, -0.25) is 0 Å². The van der Waals surface area contributed by atoms with E-state index in [1.165, 1.54) is 0 Å². The number of nitrogens with two attached hydrogens (primary N) is 1. The number of nitrogens with zero attached hydrogens (tertiary/aromatic N) is 1. The van der Waals surface area contributed by atoms with Gasteiger partial charge in [0.25, 0.3) is 0 Å². The van der Waals surface area contributed by atoms with Gasteiger partial charge in [-0.1, -0.05) is 0 Å². The van der Waals surface area contributed by atoms with Crippen LogP contribution in [0.3, 0.4) is 0 Å². The van der Waals surface area contributed by atoms with E-state index >= 15 is 0 Å². The predicted molar refractivity (Wildman–Crippen MR) is 40.7 cm³/mol. The summed E-state index contributed by atoms with van der Waals surface area (Å²) in [5, 5.41) is 8.93. The molecule has 0 aromatic heterocycles. The Kier molecular flexibility index (Phi) is 2.65. The summed E-state index contributed by atoms with van der Waals surface area (Å²) in [4.78, 5) is 2.26. The molecule has 0 aromatic rings. The third-order valence-corrected chi connectivity index (χ3v) is 1.85. The van der Waals surface area contributed by atoms with Crippen LogP contribution in [0.2, 0.25) is 0 Å². The standard InChI is InChI=1S/C7H16N2O/c1-6(10)2-3-9-4-7(8)5-9/h6-7,10H,2-5,8H2,1H3. The van der Waals surface area contributed by atoms with Crippen molar-refractivity contribution >= 4 is 0 Å². The fourth-order valence-corrected chi connectivity index (χ4v) is 1.16. The van der Waals surface area contributed by atoms with E-state index in [9.17, 15) is 0 Å². The molecular formula is C7H16N2O. The van der Waals surface area contributed by atoms with Crippen molar-refractivity contribution in [2.45, 2.75) is 25.5 Å². The van der Waals surface area contributed by atoms with E-state index in [1.807, 2.05) is 6.92 Å². The van der Waals surface area contributed by atoms with Crippen LogP contribution in [0, 0.1) is 0 Å². The van der Waals surface area contributed by atoms with Gasteiger partial charge in [-0.25, -0.2) is 0 Å². The summed E-state index contributed by atoms with van der Waals surface area (Å²) >= 11 is 0. The van der Waals surface area contributed by atoms with Crippen molar-refractivity contribution in [1.29, 1.82) is 0 Å².